The Morgan fingerprint density at radius 2 is 1.83 bits per heavy atom. The van der Waals surface area contributed by atoms with Gasteiger partial charge in [0.15, 0.2) is 0 Å². The molecule has 0 unspecified atom stereocenters. The molecule has 0 fully saturated rings. The van der Waals surface area contributed by atoms with E-state index < -0.39 is 0 Å². The summed E-state index contributed by atoms with van der Waals surface area (Å²) in [5.74, 6) is 0. The van der Waals surface area contributed by atoms with E-state index >= 15 is 0 Å². The molecule has 0 saturated carbocycles. The van der Waals surface area contributed by atoms with Crippen LogP contribution in [0.25, 0.3) is 22.0 Å². The van der Waals surface area contributed by atoms with Crippen molar-refractivity contribution < 1.29 is 0 Å². The molecule has 116 valence electrons. The number of aromatic nitrogens is 1. The Kier molecular flexibility index (Phi) is 4.05. The van der Waals surface area contributed by atoms with Crippen LogP contribution in [-0.2, 0) is 6.54 Å². The molecule has 3 aromatic rings. The Balaban J connectivity index is 2.02. The molecule has 2 N–H and O–H groups in total. The number of rotatable bonds is 4. The smallest absolute Gasteiger partial charge is 0.101 e. The summed E-state index contributed by atoms with van der Waals surface area (Å²) in [6.07, 6.45) is 2.13. The number of likely N-dealkylation sites (N-methyl/N-ethyl adjacent to an activating group) is 1. The Bertz CT molecular complexity index is 884. The van der Waals surface area contributed by atoms with Crippen molar-refractivity contribution in [3.8, 4) is 17.2 Å². The van der Waals surface area contributed by atoms with Crippen LogP contribution in [0.1, 0.15) is 5.56 Å². The maximum absolute atomic E-state index is 9.16. The lowest BCUT2D eigenvalue weighted by Gasteiger charge is -2.12. The monoisotopic (exact) mass is 304 g/mol. The lowest BCUT2D eigenvalue weighted by atomic mass is 10.0. The van der Waals surface area contributed by atoms with Crippen LogP contribution in [0.4, 0.5) is 5.69 Å². The van der Waals surface area contributed by atoms with Crippen molar-refractivity contribution in [2.45, 2.75) is 6.54 Å². The summed E-state index contributed by atoms with van der Waals surface area (Å²) < 4.78 is 2.27. The van der Waals surface area contributed by atoms with Gasteiger partial charge in [0, 0.05) is 30.5 Å². The van der Waals surface area contributed by atoms with E-state index in [2.05, 4.69) is 60.1 Å². The predicted molar refractivity (Wildman–Crippen MR) is 95.1 cm³/mol. The summed E-state index contributed by atoms with van der Waals surface area (Å²) in [5, 5.41) is 10.4. The summed E-state index contributed by atoms with van der Waals surface area (Å²) in [4.78, 5) is 2.18. The minimum Gasteiger partial charge on any atom is -0.398 e. The predicted octanol–water partition coefficient (Wildman–Crippen LogP) is 3.32. The number of nitrogen functional groups attached to an aromatic ring is 1. The molecule has 0 bridgehead atoms. The Morgan fingerprint density at radius 3 is 2.57 bits per heavy atom. The third kappa shape index (κ3) is 3.05. The molecule has 0 radical (unpaired) electrons. The van der Waals surface area contributed by atoms with Crippen LogP contribution < -0.4 is 5.73 Å². The van der Waals surface area contributed by atoms with E-state index in [0.717, 1.165) is 24.2 Å². The fourth-order valence-electron chi connectivity index (χ4n) is 2.70. The van der Waals surface area contributed by atoms with E-state index in [-0.39, 0.29) is 0 Å². The van der Waals surface area contributed by atoms with Crippen molar-refractivity contribution in [3.05, 3.63) is 54.2 Å². The van der Waals surface area contributed by atoms with Gasteiger partial charge in [-0.1, -0.05) is 18.2 Å². The zero-order chi connectivity index (χ0) is 16.4. The van der Waals surface area contributed by atoms with Gasteiger partial charge in [-0.2, -0.15) is 5.26 Å². The second-order valence-electron chi connectivity index (χ2n) is 6.00. The molecule has 0 atom stereocenters. The average Bonchev–Trinajstić information content (AvgIpc) is 2.95. The lowest BCUT2D eigenvalue weighted by Crippen LogP contribution is -2.17. The maximum Gasteiger partial charge on any atom is 0.101 e. The largest absolute Gasteiger partial charge is 0.398 e. The second kappa shape index (κ2) is 6.15. The van der Waals surface area contributed by atoms with Crippen LogP contribution >= 0.6 is 0 Å². The number of hydrogen-bond acceptors (Lipinski definition) is 3. The van der Waals surface area contributed by atoms with Gasteiger partial charge in [0.1, 0.15) is 6.07 Å². The first-order chi connectivity index (χ1) is 11.1. The molecule has 0 aliphatic rings. The van der Waals surface area contributed by atoms with Gasteiger partial charge in [-0.05, 0) is 54.9 Å². The minimum atomic E-state index is 0.519. The van der Waals surface area contributed by atoms with Crippen LogP contribution in [0, 0.1) is 11.3 Å². The third-order valence-corrected chi connectivity index (χ3v) is 4.07. The maximum atomic E-state index is 9.16. The van der Waals surface area contributed by atoms with Gasteiger partial charge in [0.2, 0.25) is 0 Å². The van der Waals surface area contributed by atoms with E-state index in [1.165, 1.54) is 10.9 Å². The summed E-state index contributed by atoms with van der Waals surface area (Å²) in [5.41, 5.74) is 10.2. The highest BCUT2D eigenvalue weighted by molar-refractivity contribution is 5.86. The highest BCUT2D eigenvalue weighted by Crippen LogP contribution is 2.27. The normalized spacial score (nSPS) is 11.0. The SMILES string of the molecule is CN(C)CCn1ccc2ccc(-c3ccc(N)c(C#N)c3)cc21. The zero-order valence-electron chi connectivity index (χ0n) is 13.5. The molecule has 4 nitrogen and oxygen atoms in total. The van der Waals surface area contributed by atoms with Gasteiger partial charge < -0.3 is 15.2 Å². The number of nitrogens with zero attached hydrogens (tertiary/aromatic N) is 3. The van der Waals surface area contributed by atoms with Crippen molar-refractivity contribution in [1.29, 1.82) is 5.26 Å². The number of fused-ring (bicyclic) bond motifs is 1. The van der Waals surface area contributed by atoms with Gasteiger partial charge >= 0.3 is 0 Å². The average molecular weight is 304 g/mol. The molecular formula is C19H20N4. The Labute approximate surface area is 136 Å². The van der Waals surface area contributed by atoms with Crippen LogP contribution in [-0.4, -0.2) is 30.1 Å². The van der Waals surface area contributed by atoms with E-state index in [9.17, 15) is 0 Å². The molecule has 0 spiro atoms. The molecule has 1 heterocycles. The van der Waals surface area contributed by atoms with Crippen molar-refractivity contribution in [2.24, 2.45) is 0 Å². The molecule has 0 aliphatic heterocycles. The third-order valence-electron chi connectivity index (χ3n) is 4.07. The number of anilines is 1. The lowest BCUT2D eigenvalue weighted by molar-refractivity contribution is 0.387. The number of nitrogens with two attached hydrogens (primary N) is 1. The van der Waals surface area contributed by atoms with Gasteiger partial charge in [0.05, 0.1) is 5.56 Å². The first-order valence-electron chi connectivity index (χ1n) is 7.62. The fourth-order valence-corrected chi connectivity index (χ4v) is 2.70. The van der Waals surface area contributed by atoms with Gasteiger partial charge in [-0.3, -0.25) is 0 Å². The van der Waals surface area contributed by atoms with Gasteiger partial charge in [-0.25, -0.2) is 0 Å². The highest BCUT2D eigenvalue weighted by Gasteiger charge is 2.06. The Hall–Kier alpha value is -2.77. The molecule has 4 heteroatoms. The molecule has 2 aromatic carbocycles. The van der Waals surface area contributed by atoms with E-state index in [1.807, 2.05) is 12.1 Å². The molecule has 3 rings (SSSR count). The van der Waals surface area contributed by atoms with Crippen molar-refractivity contribution in [2.75, 3.05) is 26.4 Å². The Morgan fingerprint density at radius 1 is 1.09 bits per heavy atom. The van der Waals surface area contributed by atoms with Crippen LogP contribution in [0.2, 0.25) is 0 Å². The number of hydrogen-bond donors (Lipinski definition) is 1. The van der Waals surface area contributed by atoms with E-state index in [1.54, 1.807) is 6.07 Å². The summed E-state index contributed by atoms with van der Waals surface area (Å²) in [7, 11) is 4.16. The van der Waals surface area contributed by atoms with Gasteiger partial charge in [0.25, 0.3) is 0 Å². The summed E-state index contributed by atoms with van der Waals surface area (Å²) >= 11 is 0. The van der Waals surface area contributed by atoms with E-state index in [0.29, 0.717) is 11.3 Å². The fraction of sp³-hybridized carbons (Fsp3) is 0.211. The molecular weight excluding hydrogens is 284 g/mol. The van der Waals surface area contributed by atoms with Crippen molar-refractivity contribution in [1.82, 2.24) is 9.47 Å². The first kappa shape index (κ1) is 15.1. The van der Waals surface area contributed by atoms with Crippen molar-refractivity contribution >= 4 is 16.6 Å². The molecule has 1 aromatic heterocycles. The van der Waals surface area contributed by atoms with Crippen LogP contribution in [0.15, 0.2) is 48.7 Å². The van der Waals surface area contributed by atoms with Crippen molar-refractivity contribution in [3.63, 3.8) is 0 Å². The molecule has 0 aliphatic carbocycles. The minimum absolute atomic E-state index is 0.519. The second-order valence-corrected chi connectivity index (χ2v) is 6.00. The number of benzene rings is 2. The topological polar surface area (TPSA) is 58.0 Å². The zero-order valence-corrected chi connectivity index (χ0v) is 13.5. The summed E-state index contributed by atoms with van der Waals surface area (Å²) in [6.45, 7) is 1.94. The van der Waals surface area contributed by atoms with Crippen LogP contribution in [0.3, 0.4) is 0 Å². The number of nitriles is 1. The molecule has 23 heavy (non-hydrogen) atoms. The van der Waals surface area contributed by atoms with E-state index in [4.69, 9.17) is 11.0 Å². The summed E-state index contributed by atoms with van der Waals surface area (Å²) in [6, 6.07) is 16.3. The molecule has 0 saturated heterocycles. The van der Waals surface area contributed by atoms with Gasteiger partial charge in [-0.15, -0.1) is 0 Å². The molecule has 0 amide bonds. The standard InChI is InChI=1S/C19H20N4/c1-22(2)9-10-23-8-7-14-3-4-16(12-19(14)23)15-5-6-18(21)17(11-15)13-20/h3-8,11-12H,9-10,21H2,1-2H3. The highest BCUT2D eigenvalue weighted by atomic mass is 15.1. The first-order valence-corrected chi connectivity index (χ1v) is 7.62. The quantitative estimate of drug-likeness (QED) is 0.752. The van der Waals surface area contributed by atoms with Crippen LogP contribution in [0.5, 0.6) is 0 Å².